The molecular weight excluding hydrogens is 230 g/mol. The first-order valence-electron chi connectivity index (χ1n) is 5.29. The molecule has 5 heteroatoms. The SMILES string of the molecule is COc1ccc(Oc2ccccc2)cc1N=[N+]=[N-]. The van der Waals surface area contributed by atoms with Gasteiger partial charge in [-0.15, -0.1) is 0 Å². The molecule has 0 aliphatic carbocycles. The topological polar surface area (TPSA) is 67.2 Å². The van der Waals surface area contributed by atoms with Crippen LogP contribution >= 0.6 is 0 Å². The van der Waals surface area contributed by atoms with Gasteiger partial charge in [-0.2, -0.15) is 0 Å². The Balaban J connectivity index is 2.30. The van der Waals surface area contributed by atoms with Gasteiger partial charge in [-0.1, -0.05) is 23.3 Å². The summed E-state index contributed by atoms with van der Waals surface area (Å²) in [5.74, 6) is 1.81. The van der Waals surface area contributed by atoms with Crippen LogP contribution in [0, 0.1) is 0 Å². The summed E-state index contributed by atoms with van der Waals surface area (Å²) in [6, 6.07) is 14.4. The highest BCUT2D eigenvalue weighted by molar-refractivity contribution is 5.56. The molecule has 0 aliphatic rings. The molecule has 0 saturated carbocycles. The van der Waals surface area contributed by atoms with Crippen LogP contribution in [0.1, 0.15) is 0 Å². The van der Waals surface area contributed by atoms with Gasteiger partial charge in [-0.25, -0.2) is 0 Å². The number of para-hydroxylation sites is 1. The number of nitrogens with zero attached hydrogens (tertiary/aromatic N) is 3. The summed E-state index contributed by atoms with van der Waals surface area (Å²) in [7, 11) is 1.52. The van der Waals surface area contributed by atoms with Gasteiger partial charge in [-0.3, -0.25) is 0 Å². The average Bonchev–Trinajstić information content (AvgIpc) is 2.41. The number of hydrogen-bond acceptors (Lipinski definition) is 3. The maximum Gasteiger partial charge on any atom is 0.128 e. The van der Waals surface area contributed by atoms with Crippen molar-refractivity contribution in [2.75, 3.05) is 7.11 Å². The standard InChI is InChI=1S/C13H11N3O2/c1-17-13-8-7-11(9-12(13)15-16-14)18-10-5-3-2-4-6-10/h2-9H,1H3. The van der Waals surface area contributed by atoms with Crippen LogP contribution in [0.15, 0.2) is 53.6 Å². The zero-order valence-electron chi connectivity index (χ0n) is 9.78. The first kappa shape index (κ1) is 11.8. The van der Waals surface area contributed by atoms with Crippen molar-refractivity contribution >= 4 is 5.69 Å². The zero-order chi connectivity index (χ0) is 12.8. The van der Waals surface area contributed by atoms with E-state index in [1.54, 1.807) is 18.2 Å². The van der Waals surface area contributed by atoms with E-state index in [4.69, 9.17) is 15.0 Å². The lowest BCUT2D eigenvalue weighted by Gasteiger charge is -2.08. The molecule has 2 aromatic carbocycles. The van der Waals surface area contributed by atoms with Crippen LogP contribution in [0.25, 0.3) is 10.4 Å². The van der Waals surface area contributed by atoms with Crippen molar-refractivity contribution in [3.8, 4) is 17.2 Å². The Bertz CT molecular complexity index is 578. The summed E-state index contributed by atoms with van der Waals surface area (Å²) in [4.78, 5) is 2.75. The largest absolute Gasteiger partial charge is 0.496 e. The van der Waals surface area contributed by atoms with Gasteiger partial charge in [0.2, 0.25) is 0 Å². The molecule has 0 amide bonds. The van der Waals surface area contributed by atoms with Crippen molar-refractivity contribution in [1.29, 1.82) is 0 Å². The number of ether oxygens (including phenoxy) is 2. The van der Waals surface area contributed by atoms with Gasteiger partial charge in [-0.05, 0) is 35.9 Å². The van der Waals surface area contributed by atoms with Gasteiger partial charge in [0.05, 0.1) is 12.8 Å². The van der Waals surface area contributed by atoms with E-state index in [1.165, 1.54) is 7.11 Å². The summed E-state index contributed by atoms with van der Waals surface area (Å²) in [6.45, 7) is 0. The van der Waals surface area contributed by atoms with Crippen molar-refractivity contribution in [2.24, 2.45) is 5.11 Å². The molecule has 0 aliphatic heterocycles. The number of hydrogen-bond donors (Lipinski definition) is 0. The van der Waals surface area contributed by atoms with E-state index < -0.39 is 0 Å². The Labute approximate surface area is 104 Å². The molecule has 0 N–H and O–H groups in total. The fourth-order valence-corrected chi connectivity index (χ4v) is 1.48. The lowest BCUT2D eigenvalue weighted by Crippen LogP contribution is -1.86. The Morgan fingerprint density at radius 1 is 1.06 bits per heavy atom. The highest BCUT2D eigenvalue weighted by atomic mass is 16.5. The van der Waals surface area contributed by atoms with Crippen molar-refractivity contribution in [3.05, 3.63) is 59.0 Å². The van der Waals surface area contributed by atoms with Crippen LogP contribution < -0.4 is 9.47 Å². The van der Waals surface area contributed by atoms with E-state index in [2.05, 4.69) is 10.0 Å². The minimum atomic E-state index is 0.397. The Morgan fingerprint density at radius 2 is 1.83 bits per heavy atom. The molecule has 0 unspecified atom stereocenters. The molecule has 2 rings (SSSR count). The van der Waals surface area contributed by atoms with Crippen LogP contribution in [0.3, 0.4) is 0 Å². The Morgan fingerprint density at radius 3 is 2.50 bits per heavy atom. The second-order valence-corrected chi connectivity index (χ2v) is 3.44. The summed E-state index contributed by atoms with van der Waals surface area (Å²) in [5.41, 5.74) is 8.88. The molecular formula is C13H11N3O2. The normalized spacial score (nSPS) is 9.39. The number of methoxy groups -OCH3 is 1. The summed E-state index contributed by atoms with van der Waals surface area (Å²) >= 11 is 0. The fraction of sp³-hybridized carbons (Fsp3) is 0.0769. The summed E-state index contributed by atoms with van der Waals surface area (Å²) in [5, 5.41) is 3.56. The lowest BCUT2D eigenvalue weighted by molar-refractivity contribution is 0.414. The van der Waals surface area contributed by atoms with Crippen LogP contribution in [0.5, 0.6) is 17.2 Å². The van der Waals surface area contributed by atoms with Gasteiger partial charge in [0.15, 0.2) is 0 Å². The Kier molecular flexibility index (Phi) is 3.69. The van der Waals surface area contributed by atoms with Gasteiger partial charge < -0.3 is 9.47 Å². The molecule has 0 saturated heterocycles. The molecule has 5 nitrogen and oxygen atoms in total. The highest BCUT2D eigenvalue weighted by Gasteiger charge is 2.04. The monoisotopic (exact) mass is 241 g/mol. The summed E-state index contributed by atoms with van der Waals surface area (Å²) < 4.78 is 10.7. The molecule has 18 heavy (non-hydrogen) atoms. The predicted octanol–water partition coefficient (Wildman–Crippen LogP) is 4.43. The van der Waals surface area contributed by atoms with Crippen molar-refractivity contribution in [2.45, 2.75) is 0 Å². The molecule has 0 aromatic heterocycles. The van der Waals surface area contributed by atoms with Crippen LogP contribution in [-0.4, -0.2) is 7.11 Å². The third-order valence-electron chi connectivity index (χ3n) is 2.28. The molecule has 0 heterocycles. The molecule has 90 valence electrons. The smallest absolute Gasteiger partial charge is 0.128 e. The fourth-order valence-electron chi connectivity index (χ4n) is 1.48. The average molecular weight is 241 g/mol. The van der Waals surface area contributed by atoms with Gasteiger partial charge >= 0.3 is 0 Å². The van der Waals surface area contributed by atoms with E-state index in [-0.39, 0.29) is 0 Å². The van der Waals surface area contributed by atoms with Crippen molar-refractivity contribution in [3.63, 3.8) is 0 Å². The minimum absolute atomic E-state index is 0.397. The first-order chi connectivity index (χ1) is 8.83. The lowest BCUT2D eigenvalue weighted by atomic mass is 10.2. The zero-order valence-corrected chi connectivity index (χ0v) is 9.78. The maximum absolute atomic E-state index is 8.48. The highest BCUT2D eigenvalue weighted by Crippen LogP contribution is 2.33. The third kappa shape index (κ3) is 2.72. The third-order valence-corrected chi connectivity index (χ3v) is 2.28. The van der Waals surface area contributed by atoms with Crippen molar-refractivity contribution < 1.29 is 9.47 Å². The predicted molar refractivity (Wildman–Crippen MR) is 68.3 cm³/mol. The quantitative estimate of drug-likeness (QED) is 0.451. The molecule has 0 atom stereocenters. The molecule has 0 bridgehead atoms. The van der Waals surface area contributed by atoms with Gasteiger partial charge in [0, 0.05) is 4.91 Å². The van der Waals surface area contributed by atoms with E-state index in [0.717, 1.165) is 5.75 Å². The van der Waals surface area contributed by atoms with E-state index in [0.29, 0.717) is 17.2 Å². The van der Waals surface area contributed by atoms with Gasteiger partial charge in [0.25, 0.3) is 0 Å². The van der Waals surface area contributed by atoms with E-state index in [1.807, 2.05) is 30.3 Å². The van der Waals surface area contributed by atoms with Gasteiger partial charge in [0.1, 0.15) is 17.2 Å². The van der Waals surface area contributed by atoms with Crippen molar-refractivity contribution in [1.82, 2.24) is 0 Å². The van der Waals surface area contributed by atoms with Crippen LogP contribution in [0.2, 0.25) is 0 Å². The number of azide groups is 1. The van der Waals surface area contributed by atoms with Crippen LogP contribution in [-0.2, 0) is 0 Å². The van der Waals surface area contributed by atoms with E-state index in [9.17, 15) is 0 Å². The second-order valence-electron chi connectivity index (χ2n) is 3.44. The number of rotatable bonds is 4. The van der Waals surface area contributed by atoms with Crippen LogP contribution in [0.4, 0.5) is 5.69 Å². The maximum atomic E-state index is 8.48. The van der Waals surface area contributed by atoms with E-state index >= 15 is 0 Å². The Hall–Kier alpha value is -2.65. The molecule has 2 aromatic rings. The molecule has 0 radical (unpaired) electrons. The first-order valence-corrected chi connectivity index (χ1v) is 5.29. The summed E-state index contributed by atoms with van der Waals surface area (Å²) in [6.07, 6.45) is 0. The second kappa shape index (κ2) is 5.61. The minimum Gasteiger partial charge on any atom is -0.496 e. The number of benzene rings is 2. The molecule has 0 fully saturated rings. The molecule has 0 spiro atoms.